The van der Waals surface area contributed by atoms with Crippen LogP contribution in [0.2, 0.25) is 0 Å². The fourth-order valence-corrected chi connectivity index (χ4v) is 9.78. The number of rotatable bonds is 7. The Bertz CT molecular complexity index is 1160. The fourth-order valence-electron chi connectivity index (χ4n) is 7.94. The number of thioether (sulfide) groups is 1. The average molecular weight is 611 g/mol. The van der Waals surface area contributed by atoms with E-state index in [9.17, 15) is 8.42 Å². The van der Waals surface area contributed by atoms with Gasteiger partial charge in [0.1, 0.15) is 10.6 Å². The molecule has 3 aliphatic rings. The third-order valence-corrected chi connectivity index (χ3v) is 12.5. The molecule has 0 unspecified atom stereocenters. The predicted octanol–water partition coefficient (Wildman–Crippen LogP) is 11.7. The first-order valence-corrected chi connectivity index (χ1v) is 19.9. The van der Waals surface area contributed by atoms with Gasteiger partial charge < -0.3 is 4.18 Å². The van der Waals surface area contributed by atoms with Crippen molar-refractivity contribution < 1.29 is 12.6 Å². The molecule has 0 radical (unpaired) electrons. The molecule has 3 saturated carbocycles. The SMILES string of the molecule is CSc1c(C2CCCCC2)cc(OS(=O)(=O)c2ccc(C3CCCCCCCCCCC3)cc2)cc1C1CCCCC1. The molecule has 3 nitrogen and oxygen atoms in total. The molecule has 0 amide bonds. The van der Waals surface area contributed by atoms with Gasteiger partial charge in [-0.3, -0.25) is 0 Å². The molecule has 5 rings (SSSR count). The summed E-state index contributed by atoms with van der Waals surface area (Å²) in [7, 11) is -3.91. The zero-order valence-electron chi connectivity index (χ0n) is 26.1. The van der Waals surface area contributed by atoms with Crippen LogP contribution in [0.4, 0.5) is 0 Å². The number of hydrogen-bond acceptors (Lipinski definition) is 4. The molecule has 0 aromatic heterocycles. The molecule has 0 bridgehead atoms. The van der Waals surface area contributed by atoms with Crippen LogP contribution in [0, 0.1) is 0 Å². The van der Waals surface area contributed by atoms with E-state index in [-0.39, 0.29) is 4.90 Å². The first-order valence-electron chi connectivity index (χ1n) is 17.3. The third kappa shape index (κ3) is 8.58. The summed E-state index contributed by atoms with van der Waals surface area (Å²) in [5, 5.41) is 0. The smallest absolute Gasteiger partial charge is 0.339 e. The quantitative estimate of drug-likeness (QED) is 0.231. The minimum Gasteiger partial charge on any atom is -0.379 e. The lowest BCUT2D eigenvalue weighted by Crippen LogP contribution is -2.14. The van der Waals surface area contributed by atoms with Crippen molar-refractivity contribution in [2.24, 2.45) is 0 Å². The van der Waals surface area contributed by atoms with E-state index in [0.717, 1.165) is 0 Å². The van der Waals surface area contributed by atoms with Gasteiger partial charge >= 0.3 is 10.1 Å². The molecule has 42 heavy (non-hydrogen) atoms. The molecule has 2 aromatic carbocycles. The van der Waals surface area contributed by atoms with Gasteiger partial charge in [0.25, 0.3) is 0 Å². The molecule has 3 aliphatic carbocycles. The van der Waals surface area contributed by atoms with Gasteiger partial charge in [-0.1, -0.05) is 108 Å². The van der Waals surface area contributed by atoms with Crippen molar-refractivity contribution in [1.82, 2.24) is 0 Å². The molecule has 232 valence electrons. The largest absolute Gasteiger partial charge is 0.379 e. The summed E-state index contributed by atoms with van der Waals surface area (Å²) in [6.45, 7) is 0. The molecular formula is C37H54O3S2. The van der Waals surface area contributed by atoms with Crippen molar-refractivity contribution in [3.8, 4) is 5.75 Å². The van der Waals surface area contributed by atoms with E-state index >= 15 is 0 Å². The Balaban J connectivity index is 1.36. The first-order chi connectivity index (χ1) is 20.5. The van der Waals surface area contributed by atoms with Crippen LogP contribution < -0.4 is 4.18 Å². The van der Waals surface area contributed by atoms with E-state index in [4.69, 9.17) is 4.18 Å². The van der Waals surface area contributed by atoms with Crippen LogP contribution in [0.15, 0.2) is 46.2 Å². The molecule has 0 spiro atoms. The van der Waals surface area contributed by atoms with Gasteiger partial charge in [0, 0.05) is 4.90 Å². The maximum absolute atomic E-state index is 13.6. The Morgan fingerprint density at radius 1 is 0.571 bits per heavy atom. The summed E-state index contributed by atoms with van der Waals surface area (Å²) in [6, 6.07) is 11.9. The summed E-state index contributed by atoms with van der Waals surface area (Å²) >= 11 is 1.85. The fraction of sp³-hybridized carbons (Fsp3) is 0.676. The Morgan fingerprint density at radius 3 is 1.38 bits per heavy atom. The minimum atomic E-state index is -3.91. The van der Waals surface area contributed by atoms with Crippen LogP contribution in [0.5, 0.6) is 5.75 Å². The highest BCUT2D eigenvalue weighted by Gasteiger charge is 2.27. The van der Waals surface area contributed by atoms with Gasteiger partial charge in [0.2, 0.25) is 0 Å². The minimum absolute atomic E-state index is 0.270. The second kappa shape index (κ2) is 16.0. The van der Waals surface area contributed by atoms with Crippen LogP contribution in [-0.4, -0.2) is 14.7 Å². The van der Waals surface area contributed by atoms with Gasteiger partial charge in [0.05, 0.1) is 0 Å². The Morgan fingerprint density at radius 2 is 0.952 bits per heavy atom. The molecular weight excluding hydrogens is 557 g/mol. The van der Waals surface area contributed by atoms with Crippen molar-refractivity contribution in [3.63, 3.8) is 0 Å². The molecule has 0 aliphatic heterocycles. The van der Waals surface area contributed by atoms with E-state index in [1.165, 1.54) is 156 Å². The highest BCUT2D eigenvalue weighted by molar-refractivity contribution is 7.98. The lowest BCUT2D eigenvalue weighted by Gasteiger charge is -2.29. The molecule has 2 aromatic rings. The average Bonchev–Trinajstić information content (AvgIpc) is 3.02. The lowest BCUT2D eigenvalue weighted by molar-refractivity contribution is 0.424. The van der Waals surface area contributed by atoms with E-state index in [0.29, 0.717) is 23.5 Å². The summed E-state index contributed by atoms with van der Waals surface area (Å²) < 4.78 is 33.3. The van der Waals surface area contributed by atoms with Crippen molar-refractivity contribution in [1.29, 1.82) is 0 Å². The second-order valence-electron chi connectivity index (χ2n) is 13.4. The van der Waals surface area contributed by atoms with Crippen LogP contribution in [0.25, 0.3) is 0 Å². The number of benzene rings is 2. The van der Waals surface area contributed by atoms with Crippen LogP contribution in [0.3, 0.4) is 0 Å². The molecule has 3 fully saturated rings. The van der Waals surface area contributed by atoms with Crippen molar-refractivity contribution >= 4 is 21.9 Å². The van der Waals surface area contributed by atoms with Gasteiger partial charge in [-0.25, -0.2) is 0 Å². The normalized spacial score (nSPS) is 21.4. The van der Waals surface area contributed by atoms with Crippen molar-refractivity contribution in [3.05, 3.63) is 53.1 Å². The summed E-state index contributed by atoms with van der Waals surface area (Å²) in [6.07, 6.45) is 29.0. The second-order valence-corrected chi connectivity index (χ2v) is 15.7. The van der Waals surface area contributed by atoms with E-state index < -0.39 is 10.1 Å². The molecule has 0 saturated heterocycles. The number of hydrogen-bond donors (Lipinski definition) is 0. The van der Waals surface area contributed by atoms with Crippen LogP contribution in [0.1, 0.15) is 169 Å². The Kier molecular flexibility index (Phi) is 12.2. The molecule has 5 heteroatoms. The predicted molar refractivity (Wildman–Crippen MR) is 178 cm³/mol. The van der Waals surface area contributed by atoms with Gasteiger partial charge in [-0.15, -0.1) is 11.8 Å². The highest BCUT2D eigenvalue weighted by Crippen LogP contribution is 2.46. The standard InChI is InChI=1S/C37H54O3S2/c1-41-37-35(31-19-13-9-14-20-31)27-33(28-36(37)32-21-15-10-16-22-32)40-42(38,39)34-25-23-30(24-26-34)29-17-11-7-5-3-2-4-6-8-12-18-29/h23-29,31-32H,2-22H2,1H3. The molecule has 0 heterocycles. The lowest BCUT2D eigenvalue weighted by atomic mass is 9.79. The zero-order valence-corrected chi connectivity index (χ0v) is 27.7. The molecule has 0 atom stereocenters. The van der Waals surface area contributed by atoms with E-state index in [2.05, 4.69) is 30.5 Å². The highest BCUT2D eigenvalue weighted by atomic mass is 32.2. The summed E-state index contributed by atoms with van der Waals surface area (Å²) in [5.41, 5.74) is 3.94. The molecule has 0 N–H and O–H groups in total. The van der Waals surface area contributed by atoms with Crippen LogP contribution in [-0.2, 0) is 10.1 Å². The monoisotopic (exact) mass is 610 g/mol. The Hall–Kier alpha value is -1.46. The Labute approximate surface area is 261 Å². The van der Waals surface area contributed by atoms with Gasteiger partial charge in [-0.05, 0) is 103 Å². The van der Waals surface area contributed by atoms with Crippen molar-refractivity contribution in [2.75, 3.05) is 6.26 Å². The van der Waals surface area contributed by atoms with Gasteiger partial charge in [0.15, 0.2) is 0 Å². The summed E-state index contributed by atoms with van der Waals surface area (Å²) in [4.78, 5) is 1.66. The maximum Gasteiger partial charge on any atom is 0.339 e. The van der Waals surface area contributed by atoms with E-state index in [1.54, 1.807) is 12.1 Å². The third-order valence-electron chi connectivity index (χ3n) is 10.4. The first kappa shape index (κ1) is 31.9. The van der Waals surface area contributed by atoms with Crippen molar-refractivity contribution in [2.45, 2.75) is 162 Å². The van der Waals surface area contributed by atoms with Crippen LogP contribution >= 0.6 is 11.8 Å². The van der Waals surface area contributed by atoms with E-state index in [1.807, 2.05) is 11.8 Å². The maximum atomic E-state index is 13.6. The zero-order chi connectivity index (χ0) is 29.2. The summed E-state index contributed by atoms with van der Waals surface area (Å²) in [5.74, 6) is 2.04. The van der Waals surface area contributed by atoms with Gasteiger partial charge in [-0.2, -0.15) is 8.42 Å². The topological polar surface area (TPSA) is 43.4 Å².